The Balaban J connectivity index is 2.05. The van der Waals surface area contributed by atoms with Crippen molar-refractivity contribution in [1.29, 1.82) is 0 Å². The fourth-order valence-electron chi connectivity index (χ4n) is 2.47. The molecule has 1 fully saturated rings. The van der Waals surface area contributed by atoms with Crippen LogP contribution in [0.2, 0.25) is 5.02 Å². The second-order valence-corrected chi connectivity index (χ2v) is 5.21. The van der Waals surface area contributed by atoms with Gasteiger partial charge in [-0.3, -0.25) is 0 Å². The number of methoxy groups -OCH3 is 1. The van der Waals surface area contributed by atoms with Gasteiger partial charge in [-0.25, -0.2) is 0 Å². The van der Waals surface area contributed by atoms with Crippen molar-refractivity contribution in [3.8, 4) is 5.75 Å². The Labute approximate surface area is 113 Å². The molecule has 0 aromatic heterocycles. The summed E-state index contributed by atoms with van der Waals surface area (Å²) in [5.41, 5.74) is 7.39. The summed E-state index contributed by atoms with van der Waals surface area (Å²) in [7, 11) is 1.67. The highest BCUT2D eigenvalue weighted by molar-refractivity contribution is 6.30. The molecule has 18 heavy (non-hydrogen) atoms. The van der Waals surface area contributed by atoms with Gasteiger partial charge < -0.3 is 15.2 Å². The summed E-state index contributed by atoms with van der Waals surface area (Å²) < 4.78 is 10.7. The van der Waals surface area contributed by atoms with Crippen LogP contribution in [-0.4, -0.2) is 26.4 Å². The number of benzene rings is 1. The van der Waals surface area contributed by atoms with Crippen molar-refractivity contribution in [2.45, 2.75) is 25.3 Å². The van der Waals surface area contributed by atoms with Gasteiger partial charge in [0, 0.05) is 24.3 Å². The van der Waals surface area contributed by atoms with E-state index in [-0.39, 0.29) is 6.04 Å². The van der Waals surface area contributed by atoms with Crippen molar-refractivity contribution in [3.63, 3.8) is 0 Å². The Morgan fingerprint density at radius 2 is 2.17 bits per heavy atom. The molecule has 3 nitrogen and oxygen atoms in total. The van der Waals surface area contributed by atoms with Gasteiger partial charge in [0.15, 0.2) is 0 Å². The highest BCUT2D eigenvalue weighted by Gasteiger charge is 2.22. The zero-order valence-electron chi connectivity index (χ0n) is 10.7. The van der Waals surface area contributed by atoms with E-state index in [1.54, 1.807) is 7.11 Å². The van der Waals surface area contributed by atoms with Crippen LogP contribution in [0.1, 0.15) is 18.4 Å². The smallest absolute Gasteiger partial charge is 0.122 e. The predicted octanol–water partition coefficient (Wildman–Crippen LogP) is 2.65. The van der Waals surface area contributed by atoms with E-state index >= 15 is 0 Å². The molecule has 2 N–H and O–H groups in total. The molecule has 4 heteroatoms. The molecule has 0 amide bonds. The zero-order chi connectivity index (χ0) is 13.0. The molecule has 1 aromatic carbocycles. The minimum absolute atomic E-state index is 0.140. The number of hydrogen-bond acceptors (Lipinski definition) is 3. The fourth-order valence-corrected chi connectivity index (χ4v) is 2.67. The minimum Gasteiger partial charge on any atom is -0.496 e. The summed E-state index contributed by atoms with van der Waals surface area (Å²) in [5, 5.41) is 0.727. The van der Waals surface area contributed by atoms with Crippen molar-refractivity contribution < 1.29 is 9.47 Å². The van der Waals surface area contributed by atoms with Crippen LogP contribution in [0.25, 0.3) is 0 Å². The van der Waals surface area contributed by atoms with Crippen LogP contribution in [0.5, 0.6) is 5.75 Å². The lowest BCUT2D eigenvalue weighted by atomic mass is 9.88. The minimum atomic E-state index is 0.140. The molecule has 100 valence electrons. The summed E-state index contributed by atoms with van der Waals surface area (Å²) in [4.78, 5) is 0. The number of ether oxygens (including phenoxy) is 2. The van der Waals surface area contributed by atoms with Gasteiger partial charge in [0.2, 0.25) is 0 Å². The molecular weight excluding hydrogens is 250 g/mol. The van der Waals surface area contributed by atoms with Crippen molar-refractivity contribution in [3.05, 3.63) is 28.8 Å². The normalized spacial score (nSPS) is 18.6. The molecular formula is C14H20ClNO2. The summed E-state index contributed by atoms with van der Waals surface area (Å²) in [6, 6.07) is 5.82. The van der Waals surface area contributed by atoms with Crippen molar-refractivity contribution >= 4 is 11.6 Å². The summed E-state index contributed by atoms with van der Waals surface area (Å²) in [6.07, 6.45) is 2.89. The molecule has 0 spiro atoms. The zero-order valence-corrected chi connectivity index (χ0v) is 11.5. The van der Waals surface area contributed by atoms with Gasteiger partial charge in [-0.2, -0.15) is 0 Å². The first-order valence-electron chi connectivity index (χ1n) is 6.36. The molecule has 1 atom stereocenters. The number of rotatable bonds is 4. The van der Waals surface area contributed by atoms with Gasteiger partial charge in [0.1, 0.15) is 5.75 Å². The third-order valence-electron chi connectivity index (χ3n) is 3.57. The van der Waals surface area contributed by atoms with Crippen LogP contribution in [0.4, 0.5) is 0 Å². The second kappa shape index (κ2) is 6.41. The van der Waals surface area contributed by atoms with Gasteiger partial charge in [-0.15, -0.1) is 0 Å². The average molecular weight is 270 g/mol. The molecule has 0 aliphatic carbocycles. The first-order valence-corrected chi connectivity index (χ1v) is 6.74. The predicted molar refractivity (Wildman–Crippen MR) is 73.2 cm³/mol. The Morgan fingerprint density at radius 3 is 2.83 bits per heavy atom. The fraction of sp³-hybridized carbons (Fsp3) is 0.571. The SMILES string of the molecule is COc1ccc(Cl)cc1CC(N)C1CCOCC1. The van der Waals surface area contributed by atoms with E-state index in [0.29, 0.717) is 5.92 Å². The van der Waals surface area contributed by atoms with E-state index in [0.717, 1.165) is 48.8 Å². The van der Waals surface area contributed by atoms with Crippen molar-refractivity contribution in [2.24, 2.45) is 11.7 Å². The quantitative estimate of drug-likeness (QED) is 0.914. The lowest BCUT2D eigenvalue weighted by molar-refractivity contribution is 0.0584. The second-order valence-electron chi connectivity index (χ2n) is 4.77. The maximum atomic E-state index is 6.30. The molecule has 1 saturated heterocycles. The van der Waals surface area contributed by atoms with Crippen LogP contribution >= 0.6 is 11.6 Å². The Morgan fingerprint density at radius 1 is 1.44 bits per heavy atom. The lowest BCUT2D eigenvalue weighted by Gasteiger charge is -2.28. The van der Waals surface area contributed by atoms with Crippen LogP contribution in [0.3, 0.4) is 0 Å². The number of nitrogens with two attached hydrogens (primary N) is 1. The molecule has 1 aromatic rings. The van der Waals surface area contributed by atoms with E-state index in [2.05, 4.69) is 0 Å². The largest absolute Gasteiger partial charge is 0.496 e. The lowest BCUT2D eigenvalue weighted by Crippen LogP contribution is -2.36. The average Bonchev–Trinajstić information content (AvgIpc) is 2.40. The van der Waals surface area contributed by atoms with Gasteiger partial charge in [0.05, 0.1) is 7.11 Å². The van der Waals surface area contributed by atoms with Crippen molar-refractivity contribution in [1.82, 2.24) is 0 Å². The van der Waals surface area contributed by atoms with Crippen LogP contribution in [0, 0.1) is 5.92 Å². The monoisotopic (exact) mass is 269 g/mol. The first kappa shape index (κ1) is 13.7. The molecule has 0 radical (unpaired) electrons. The third kappa shape index (κ3) is 3.37. The van der Waals surface area contributed by atoms with E-state index < -0.39 is 0 Å². The van der Waals surface area contributed by atoms with Gasteiger partial charge in [0.25, 0.3) is 0 Å². The van der Waals surface area contributed by atoms with Crippen LogP contribution in [-0.2, 0) is 11.2 Å². The number of halogens is 1. The topological polar surface area (TPSA) is 44.5 Å². The first-order chi connectivity index (χ1) is 8.70. The van der Waals surface area contributed by atoms with Gasteiger partial charge in [-0.05, 0) is 48.9 Å². The van der Waals surface area contributed by atoms with E-state index in [1.165, 1.54) is 0 Å². The molecule has 1 aliphatic heterocycles. The van der Waals surface area contributed by atoms with E-state index in [9.17, 15) is 0 Å². The third-order valence-corrected chi connectivity index (χ3v) is 3.80. The number of hydrogen-bond donors (Lipinski definition) is 1. The summed E-state index contributed by atoms with van der Waals surface area (Å²) in [6.45, 7) is 1.65. The Kier molecular flexibility index (Phi) is 4.87. The maximum absolute atomic E-state index is 6.30. The Bertz CT molecular complexity index is 391. The summed E-state index contributed by atoms with van der Waals surface area (Å²) >= 11 is 6.03. The van der Waals surface area contributed by atoms with E-state index in [4.69, 9.17) is 26.8 Å². The molecule has 1 aliphatic rings. The molecule has 0 saturated carbocycles. The highest BCUT2D eigenvalue weighted by Crippen LogP contribution is 2.27. The van der Waals surface area contributed by atoms with Gasteiger partial charge in [-0.1, -0.05) is 11.6 Å². The van der Waals surface area contributed by atoms with Crippen LogP contribution < -0.4 is 10.5 Å². The van der Waals surface area contributed by atoms with Gasteiger partial charge >= 0.3 is 0 Å². The Hall–Kier alpha value is -0.770. The molecule has 2 rings (SSSR count). The van der Waals surface area contributed by atoms with Crippen molar-refractivity contribution in [2.75, 3.05) is 20.3 Å². The maximum Gasteiger partial charge on any atom is 0.122 e. The van der Waals surface area contributed by atoms with E-state index in [1.807, 2.05) is 18.2 Å². The molecule has 1 unspecified atom stereocenters. The summed E-state index contributed by atoms with van der Waals surface area (Å²) in [5.74, 6) is 1.39. The molecule has 1 heterocycles. The van der Waals surface area contributed by atoms with Crippen LogP contribution in [0.15, 0.2) is 18.2 Å². The molecule has 0 bridgehead atoms. The standard InChI is InChI=1S/C14H20ClNO2/c1-17-14-3-2-12(15)8-11(14)9-13(16)10-4-6-18-7-5-10/h2-3,8,10,13H,4-7,9,16H2,1H3. The highest BCUT2D eigenvalue weighted by atomic mass is 35.5.